The summed E-state index contributed by atoms with van der Waals surface area (Å²) in [6, 6.07) is 24.2. The number of ether oxygens (including phenoxy) is 1. The molecule has 0 aromatic heterocycles. The number of carbonyl (C=O) groups is 1. The molecule has 3 aromatic rings. The van der Waals surface area contributed by atoms with E-state index in [1.165, 1.54) is 0 Å². The molecule has 5 nitrogen and oxygen atoms in total. The van der Waals surface area contributed by atoms with E-state index in [9.17, 15) is 4.79 Å². The topological polar surface area (TPSA) is 76.7 Å². The van der Waals surface area contributed by atoms with Gasteiger partial charge in [-0.25, -0.2) is 5.43 Å². The summed E-state index contributed by atoms with van der Waals surface area (Å²) in [5, 5.41) is 4.18. The van der Waals surface area contributed by atoms with Crippen LogP contribution in [0.4, 0.5) is 5.69 Å². The first kappa shape index (κ1) is 18.2. The third-order valence-electron chi connectivity index (χ3n) is 4.02. The molecule has 136 valence electrons. The maximum absolute atomic E-state index is 12.5. The number of hydrazone groups is 1. The Labute approximate surface area is 158 Å². The molecule has 0 aliphatic carbocycles. The average molecular weight is 359 g/mol. The van der Waals surface area contributed by atoms with E-state index in [4.69, 9.17) is 10.5 Å². The molecule has 0 spiro atoms. The van der Waals surface area contributed by atoms with E-state index in [1.54, 1.807) is 30.3 Å². The summed E-state index contributed by atoms with van der Waals surface area (Å²) in [4.78, 5) is 12.5. The molecule has 3 aromatic carbocycles. The van der Waals surface area contributed by atoms with Crippen LogP contribution in [0.1, 0.15) is 28.4 Å². The van der Waals surface area contributed by atoms with Crippen molar-refractivity contribution in [2.24, 2.45) is 5.10 Å². The normalized spacial score (nSPS) is 11.1. The third-order valence-corrected chi connectivity index (χ3v) is 4.02. The monoisotopic (exact) mass is 359 g/mol. The number of amides is 1. The lowest BCUT2D eigenvalue weighted by molar-refractivity contribution is 0.0950. The van der Waals surface area contributed by atoms with Crippen molar-refractivity contribution in [3.63, 3.8) is 0 Å². The SMILES string of the molecule is CC(=NNC(=O)c1ccccc1OCc1ccccc1)c1ccc(N)cc1. The summed E-state index contributed by atoms with van der Waals surface area (Å²) in [6.45, 7) is 2.21. The molecule has 0 radical (unpaired) electrons. The Kier molecular flexibility index (Phi) is 5.84. The molecule has 0 bridgehead atoms. The predicted molar refractivity (Wildman–Crippen MR) is 108 cm³/mol. The van der Waals surface area contributed by atoms with Gasteiger partial charge >= 0.3 is 0 Å². The fourth-order valence-electron chi connectivity index (χ4n) is 2.50. The first-order valence-electron chi connectivity index (χ1n) is 8.60. The molecule has 0 saturated heterocycles. The minimum atomic E-state index is -0.326. The van der Waals surface area contributed by atoms with Crippen LogP contribution in [0.15, 0.2) is 84.0 Å². The Morgan fingerprint density at radius 2 is 1.63 bits per heavy atom. The summed E-state index contributed by atoms with van der Waals surface area (Å²) in [7, 11) is 0. The van der Waals surface area contributed by atoms with Crippen molar-refractivity contribution in [2.75, 3.05) is 5.73 Å². The first-order chi connectivity index (χ1) is 13.1. The van der Waals surface area contributed by atoms with Crippen LogP contribution >= 0.6 is 0 Å². The molecule has 0 heterocycles. The molecule has 0 aliphatic heterocycles. The van der Waals surface area contributed by atoms with Crippen LogP contribution in [-0.2, 0) is 6.61 Å². The lowest BCUT2D eigenvalue weighted by Crippen LogP contribution is -2.20. The Balaban J connectivity index is 1.69. The zero-order chi connectivity index (χ0) is 19.1. The minimum Gasteiger partial charge on any atom is -0.488 e. The summed E-state index contributed by atoms with van der Waals surface area (Å²) >= 11 is 0. The van der Waals surface area contributed by atoms with Gasteiger partial charge in [-0.15, -0.1) is 0 Å². The molecule has 0 fully saturated rings. The Bertz CT molecular complexity index is 935. The highest BCUT2D eigenvalue weighted by molar-refractivity contribution is 6.01. The van der Waals surface area contributed by atoms with Gasteiger partial charge in [0, 0.05) is 5.69 Å². The minimum absolute atomic E-state index is 0.326. The lowest BCUT2D eigenvalue weighted by atomic mass is 10.1. The number of carbonyl (C=O) groups excluding carboxylic acids is 1. The largest absolute Gasteiger partial charge is 0.488 e. The van der Waals surface area contributed by atoms with Gasteiger partial charge in [0.05, 0.1) is 11.3 Å². The zero-order valence-corrected chi connectivity index (χ0v) is 15.1. The number of nitrogens with zero attached hydrogens (tertiary/aromatic N) is 1. The highest BCUT2D eigenvalue weighted by Gasteiger charge is 2.12. The van der Waals surface area contributed by atoms with Crippen molar-refractivity contribution < 1.29 is 9.53 Å². The Hall–Kier alpha value is -3.60. The summed E-state index contributed by atoms with van der Waals surface area (Å²) in [5.41, 5.74) is 12.0. The Morgan fingerprint density at radius 3 is 2.37 bits per heavy atom. The van der Waals surface area contributed by atoms with Crippen molar-refractivity contribution in [2.45, 2.75) is 13.5 Å². The van der Waals surface area contributed by atoms with Crippen LogP contribution in [-0.4, -0.2) is 11.6 Å². The quantitative estimate of drug-likeness (QED) is 0.397. The van der Waals surface area contributed by atoms with Crippen molar-refractivity contribution in [1.29, 1.82) is 0 Å². The van der Waals surface area contributed by atoms with Crippen LogP contribution in [0.3, 0.4) is 0 Å². The van der Waals surface area contributed by atoms with E-state index >= 15 is 0 Å². The van der Waals surface area contributed by atoms with E-state index in [-0.39, 0.29) is 5.91 Å². The first-order valence-corrected chi connectivity index (χ1v) is 8.60. The van der Waals surface area contributed by atoms with E-state index in [0.29, 0.717) is 29.3 Å². The molecule has 0 unspecified atom stereocenters. The second-order valence-corrected chi connectivity index (χ2v) is 6.03. The van der Waals surface area contributed by atoms with Gasteiger partial charge < -0.3 is 10.5 Å². The van der Waals surface area contributed by atoms with Gasteiger partial charge in [0.1, 0.15) is 12.4 Å². The number of hydrogen-bond acceptors (Lipinski definition) is 4. The second-order valence-electron chi connectivity index (χ2n) is 6.03. The molecule has 0 atom stereocenters. The molecule has 1 amide bonds. The molecule has 27 heavy (non-hydrogen) atoms. The molecular formula is C22H21N3O2. The van der Waals surface area contributed by atoms with Gasteiger partial charge in [-0.1, -0.05) is 54.6 Å². The smallest absolute Gasteiger partial charge is 0.275 e. The lowest BCUT2D eigenvalue weighted by Gasteiger charge is -2.11. The Morgan fingerprint density at radius 1 is 0.963 bits per heavy atom. The molecule has 3 N–H and O–H groups in total. The summed E-state index contributed by atoms with van der Waals surface area (Å²) in [5.74, 6) is 0.188. The number of nitrogens with two attached hydrogens (primary N) is 1. The highest BCUT2D eigenvalue weighted by atomic mass is 16.5. The van der Waals surface area contributed by atoms with E-state index < -0.39 is 0 Å². The summed E-state index contributed by atoms with van der Waals surface area (Å²) < 4.78 is 5.83. The fourth-order valence-corrected chi connectivity index (χ4v) is 2.50. The second kappa shape index (κ2) is 8.67. The fraction of sp³-hybridized carbons (Fsp3) is 0.0909. The van der Waals surface area contributed by atoms with Crippen LogP contribution in [0, 0.1) is 0 Å². The number of para-hydroxylation sites is 1. The van der Waals surface area contributed by atoms with Gasteiger partial charge in [-0.3, -0.25) is 4.79 Å². The number of rotatable bonds is 6. The van der Waals surface area contributed by atoms with Crippen LogP contribution in [0.25, 0.3) is 0 Å². The molecular weight excluding hydrogens is 338 g/mol. The number of anilines is 1. The van der Waals surface area contributed by atoms with E-state index in [2.05, 4.69) is 10.5 Å². The number of nitrogen functional groups attached to an aromatic ring is 1. The van der Waals surface area contributed by atoms with Crippen LogP contribution in [0.5, 0.6) is 5.75 Å². The number of benzene rings is 3. The predicted octanol–water partition coefficient (Wildman–Crippen LogP) is 4.00. The molecule has 3 rings (SSSR count). The maximum atomic E-state index is 12.5. The van der Waals surface area contributed by atoms with Gasteiger partial charge in [-0.05, 0) is 42.3 Å². The third kappa shape index (κ3) is 4.95. The van der Waals surface area contributed by atoms with Crippen LogP contribution in [0.2, 0.25) is 0 Å². The maximum Gasteiger partial charge on any atom is 0.275 e. The van der Waals surface area contributed by atoms with Gasteiger partial charge in [0.15, 0.2) is 0 Å². The highest BCUT2D eigenvalue weighted by Crippen LogP contribution is 2.19. The van der Waals surface area contributed by atoms with Gasteiger partial charge in [0.2, 0.25) is 0 Å². The summed E-state index contributed by atoms with van der Waals surface area (Å²) in [6.07, 6.45) is 0. The number of nitrogens with one attached hydrogen (secondary N) is 1. The van der Waals surface area contributed by atoms with Crippen molar-refractivity contribution >= 4 is 17.3 Å². The molecule has 5 heteroatoms. The molecule has 0 aliphatic rings. The van der Waals surface area contributed by atoms with Crippen molar-refractivity contribution in [1.82, 2.24) is 5.43 Å². The van der Waals surface area contributed by atoms with Crippen LogP contribution < -0.4 is 15.9 Å². The number of hydrogen-bond donors (Lipinski definition) is 2. The molecule has 0 saturated carbocycles. The van der Waals surface area contributed by atoms with E-state index in [0.717, 1.165) is 11.1 Å². The van der Waals surface area contributed by atoms with Crippen molar-refractivity contribution in [3.05, 3.63) is 95.6 Å². The average Bonchev–Trinajstić information content (AvgIpc) is 2.71. The standard InChI is InChI=1S/C22H21N3O2/c1-16(18-11-13-19(23)14-12-18)24-25-22(26)20-9-5-6-10-21(20)27-15-17-7-3-2-4-8-17/h2-14H,15,23H2,1H3,(H,25,26). The van der Waals surface area contributed by atoms with Gasteiger partial charge in [0.25, 0.3) is 5.91 Å². The van der Waals surface area contributed by atoms with E-state index in [1.807, 2.05) is 55.5 Å². The zero-order valence-electron chi connectivity index (χ0n) is 15.1. The van der Waals surface area contributed by atoms with Crippen molar-refractivity contribution in [3.8, 4) is 5.75 Å². The van der Waals surface area contributed by atoms with Gasteiger partial charge in [-0.2, -0.15) is 5.10 Å².